The summed E-state index contributed by atoms with van der Waals surface area (Å²) in [5, 5.41) is 1.62. The van der Waals surface area contributed by atoms with E-state index in [1.165, 1.54) is 0 Å². The van der Waals surface area contributed by atoms with Gasteiger partial charge in [-0.3, -0.25) is 0 Å². The Balaban J connectivity index is 1.86. The summed E-state index contributed by atoms with van der Waals surface area (Å²) in [5.41, 5.74) is 2.37. The average molecular weight is 317 g/mol. The Kier molecular flexibility index (Phi) is 3.20. The minimum atomic E-state index is 0.484. The van der Waals surface area contributed by atoms with Crippen LogP contribution in [0.15, 0.2) is 28.9 Å². The summed E-state index contributed by atoms with van der Waals surface area (Å²) < 4.78 is 6.01. The molecular weight excluding hydrogens is 300 g/mol. The van der Waals surface area contributed by atoms with E-state index in [-0.39, 0.29) is 0 Å². The number of halogens is 1. The summed E-state index contributed by atoms with van der Waals surface area (Å²) >= 11 is 6.10. The Morgan fingerprint density at radius 1 is 1.27 bits per heavy atom. The monoisotopic (exact) mass is 316 g/mol. The maximum absolute atomic E-state index is 6.10. The van der Waals surface area contributed by atoms with Crippen LogP contribution in [-0.2, 0) is 0 Å². The fraction of sp³-hybridized carbons (Fsp3) is 0.375. The third-order valence-corrected chi connectivity index (χ3v) is 4.69. The number of nitrogens with zero attached hydrogens (tertiary/aromatic N) is 4. The van der Waals surface area contributed by atoms with E-state index in [0.29, 0.717) is 11.1 Å². The molecule has 4 rings (SSSR count). The molecule has 2 aromatic heterocycles. The van der Waals surface area contributed by atoms with Crippen molar-refractivity contribution < 1.29 is 4.42 Å². The Morgan fingerprint density at radius 2 is 2.14 bits per heavy atom. The molecule has 0 aliphatic carbocycles. The topological polar surface area (TPSA) is 45.4 Å². The molecule has 0 N–H and O–H groups in total. The van der Waals surface area contributed by atoms with Crippen molar-refractivity contribution in [1.82, 2.24) is 14.9 Å². The number of furan rings is 1. The van der Waals surface area contributed by atoms with Crippen LogP contribution in [-0.4, -0.2) is 47.6 Å². The van der Waals surface area contributed by atoms with Crippen molar-refractivity contribution in [2.45, 2.75) is 13.0 Å². The van der Waals surface area contributed by atoms with Crippen molar-refractivity contribution in [2.75, 3.05) is 31.6 Å². The van der Waals surface area contributed by atoms with Gasteiger partial charge in [-0.2, -0.15) is 0 Å². The second kappa shape index (κ2) is 5.11. The molecule has 0 radical (unpaired) electrons. The summed E-state index contributed by atoms with van der Waals surface area (Å²) in [4.78, 5) is 13.5. The first kappa shape index (κ1) is 13.8. The van der Waals surface area contributed by atoms with E-state index in [0.717, 1.165) is 47.5 Å². The van der Waals surface area contributed by atoms with Crippen molar-refractivity contribution in [3.05, 3.63) is 29.5 Å². The first-order valence-corrected chi connectivity index (χ1v) is 7.79. The van der Waals surface area contributed by atoms with Gasteiger partial charge in [0.05, 0.1) is 0 Å². The molecule has 3 aromatic rings. The van der Waals surface area contributed by atoms with E-state index in [9.17, 15) is 0 Å². The number of benzene rings is 1. The maximum Gasteiger partial charge on any atom is 0.196 e. The molecule has 0 spiro atoms. The van der Waals surface area contributed by atoms with Gasteiger partial charge in [-0.15, -0.1) is 0 Å². The van der Waals surface area contributed by atoms with Gasteiger partial charge in [-0.25, -0.2) is 9.97 Å². The summed E-state index contributed by atoms with van der Waals surface area (Å²) in [5.74, 6) is 0.872. The van der Waals surface area contributed by atoms with Crippen LogP contribution in [0, 0.1) is 0 Å². The summed E-state index contributed by atoms with van der Waals surface area (Å²) in [6.07, 6.45) is 1.61. The molecule has 1 aromatic carbocycles. The highest BCUT2D eigenvalue weighted by Crippen LogP contribution is 2.34. The van der Waals surface area contributed by atoms with Gasteiger partial charge in [-0.05, 0) is 32.2 Å². The first-order valence-electron chi connectivity index (χ1n) is 7.41. The van der Waals surface area contributed by atoms with Gasteiger partial charge in [0.15, 0.2) is 11.4 Å². The van der Waals surface area contributed by atoms with Crippen LogP contribution >= 0.6 is 11.6 Å². The highest BCUT2D eigenvalue weighted by molar-refractivity contribution is 6.31. The fourth-order valence-corrected chi connectivity index (χ4v) is 3.17. The van der Waals surface area contributed by atoms with Gasteiger partial charge >= 0.3 is 0 Å². The van der Waals surface area contributed by atoms with Gasteiger partial charge in [0.1, 0.15) is 17.4 Å². The van der Waals surface area contributed by atoms with Crippen LogP contribution in [0.2, 0.25) is 5.02 Å². The van der Waals surface area contributed by atoms with Crippen molar-refractivity contribution in [3.8, 4) is 0 Å². The molecule has 0 bridgehead atoms. The number of aromatic nitrogens is 2. The number of likely N-dealkylation sites (N-methyl/N-ethyl adjacent to an activating group) is 1. The smallest absolute Gasteiger partial charge is 0.196 e. The Labute approximate surface area is 133 Å². The zero-order valence-corrected chi connectivity index (χ0v) is 13.3. The third kappa shape index (κ3) is 2.12. The lowest BCUT2D eigenvalue weighted by molar-refractivity contribution is 0.233. The van der Waals surface area contributed by atoms with Crippen LogP contribution in [0.3, 0.4) is 0 Å². The number of hydrogen-bond donors (Lipinski definition) is 0. The first-order chi connectivity index (χ1) is 10.6. The molecule has 114 valence electrons. The molecule has 1 unspecified atom stereocenters. The molecular formula is C16H17ClN4O. The molecule has 0 amide bonds. The van der Waals surface area contributed by atoms with E-state index < -0.39 is 0 Å². The van der Waals surface area contributed by atoms with Gasteiger partial charge in [0.2, 0.25) is 0 Å². The number of rotatable bonds is 1. The number of fused-ring (bicyclic) bond motifs is 3. The standard InChI is InChI=1S/C16H17ClN4O/c1-10-8-21(6-5-20(10)2)16-15-14(18-9-19-16)12-7-11(17)3-4-13(12)22-15/h3-4,7,9-10H,5-6,8H2,1-2H3. The van der Waals surface area contributed by atoms with Gasteiger partial charge < -0.3 is 14.2 Å². The van der Waals surface area contributed by atoms with Gasteiger partial charge in [-0.1, -0.05) is 11.6 Å². The minimum absolute atomic E-state index is 0.484. The van der Waals surface area contributed by atoms with Crippen LogP contribution in [0.25, 0.3) is 22.1 Å². The highest BCUT2D eigenvalue weighted by atomic mass is 35.5. The number of anilines is 1. The second-order valence-corrected chi connectivity index (χ2v) is 6.33. The molecule has 0 saturated carbocycles. The van der Waals surface area contributed by atoms with E-state index in [1.807, 2.05) is 18.2 Å². The van der Waals surface area contributed by atoms with E-state index in [4.69, 9.17) is 16.0 Å². The predicted octanol–water partition coefficient (Wildman–Crippen LogP) is 3.17. The Hall–Kier alpha value is -1.85. The van der Waals surface area contributed by atoms with E-state index in [2.05, 4.69) is 33.7 Å². The molecule has 1 atom stereocenters. The molecule has 3 heterocycles. The quantitative estimate of drug-likeness (QED) is 0.690. The zero-order chi connectivity index (χ0) is 15.3. The Morgan fingerprint density at radius 3 is 2.95 bits per heavy atom. The predicted molar refractivity (Wildman–Crippen MR) is 88.6 cm³/mol. The molecule has 5 nitrogen and oxygen atoms in total. The lowest BCUT2D eigenvalue weighted by atomic mass is 10.2. The van der Waals surface area contributed by atoms with Crippen LogP contribution in [0.5, 0.6) is 0 Å². The summed E-state index contributed by atoms with van der Waals surface area (Å²) in [7, 11) is 2.15. The number of hydrogen-bond acceptors (Lipinski definition) is 5. The third-order valence-electron chi connectivity index (χ3n) is 4.45. The van der Waals surface area contributed by atoms with Crippen molar-refractivity contribution >= 4 is 39.5 Å². The van der Waals surface area contributed by atoms with Crippen LogP contribution < -0.4 is 4.90 Å². The van der Waals surface area contributed by atoms with Crippen LogP contribution in [0.1, 0.15) is 6.92 Å². The largest absolute Gasteiger partial charge is 0.450 e. The van der Waals surface area contributed by atoms with Crippen molar-refractivity contribution in [1.29, 1.82) is 0 Å². The average Bonchev–Trinajstić information content (AvgIpc) is 2.88. The zero-order valence-electron chi connectivity index (χ0n) is 12.6. The summed E-state index contributed by atoms with van der Waals surface area (Å²) in [6, 6.07) is 6.09. The second-order valence-electron chi connectivity index (χ2n) is 5.89. The summed E-state index contributed by atoms with van der Waals surface area (Å²) in [6.45, 7) is 5.10. The van der Waals surface area contributed by atoms with Crippen molar-refractivity contribution in [3.63, 3.8) is 0 Å². The fourth-order valence-electron chi connectivity index (χ4n) is 3.00. The van der Waals surface area contributed by atoms with E-state index in [1.54, 1.807) is 6.33 Å². The molecule has 1 aliphatic rings. The SMILES string of the molecule is CC1CN(c2ncnc3c2oc2ccc(Cl)cc23)CCN1C. The van der Waals surface area contributed by atoms with E-state index >= 15 is 0 Å². The lowest BCUT2D eigenvalue weighted by Crippen LogP contribution is -2.50. The van der Waals surface area contributed by atoms with Gasteiger partial charge in [0.25, 0.3) is 0 Å². The molecule has 22 heavy (non-hydrogen) atoms. The normalized spacial score (nSPS) is 20.1. The highest BCUT2D eigenvalue weighted by Gasteiger charge is 2.25. The lowest BCUT2D eigenvalue weighted by Gasteiger charge is -2.38. The minimum Gasteiger partial charge on any atom is -0.450 e. The molecule has 1 aliphatic heterocycles. The van der Waals surface area contributed by atoms with Gasteiger partial charge in [0, 0.05) is 36.1 Å². The van der Waals surface area contributed by atoms with Crippen molar-refractivity contribution in [2.24, 2.45) is 0 Å². The molecule has 1 fully saturated rings. The molecule has 1 saturated heterocycles. The van der Waals surface area contributed by atoms with Crippen LogP contribution in [0.4, 0.5) is 5.82 Å². The number of piperazine rings is 1. The Bertz CT molecular complexity index is 847. The molecule has 6 heteroatoms. The maximum atomic E-state index is 6.10.